The molecule has 3 aromatic heterocycles. The third kappa shape index (κ3) is 5.27. The Labute approximate surface area is 215 Å². The Hall–Kier alpha value is -3.98. The number of imidazole rings is 1. The Morgan fingerprint density at radius 2 is 1.84 bits per heavy atom. The molecule has 0 bridgehead atoms. The molecule has 37 heavy (non-hydrogen) atoms. The zero-order chi connectivity index (χ0) is 25.9. The van der Waals surface area contributed by atoms with E-state index in [4.69, 9.17) is 5.11 Å². The van der Waals surface area contributed by atoms with Gasteiger partial charge >= 0.3 is 0 Å². The highest BCUT2D eigenvalue weighted by Crippen LogP contribution is 2.35. The molecule has 6 rings (SSSR count). The Morgan fingerprint density at radius 1 is 1.05 bits per heavy atom. The van der Waals surface area contributed by atoms with E-state index in [9.17, 15) is 9.18 Å². The summed E-state index contributed by atoms with van der Waals surface area (Å²) < 4.78 is 15.4. The average molecular weight is 503 g/mol. The van der Waals surface area contributed by atoms with Crippen molar-refractivity contribution in [2.45, 2.75) is 45.8 Å². The summed E-state index contributed by atoms with van der Waals surface area (Å²) in [4.78, 5) is 24.0. The summed E-state index contributed by atoms with van der Waals surface area (Å²) >= 11 is 0. The molecule has 5 heterocycles. The summed E-state index contributed by atoms with van der Waals surface area (Å²) in [6.45, 7) is 6.01. The van der Waals surface area contributed by atoms with Crippen molar-refractivity contribution in [2.24, 2.45) is 0 Å². The van der Waals surface area contributed by atoms with Crippen LogP contribution in [0.5, 0.6) is 0 Å². The molecule has 8 nitrogen and oxygen atoms in total. The van der Waals surface area contributed by atoms with Gasteiger partial charge in [-0.25, -0.2) is 14.4 Å². The number of hydrogen-bond donors (Lipinski definition) is 3. The second-order valence-corrected chi connectivity index (χ2v) is 9.58. The molecule has 4 aromatic rings. The predicted octanol–water partition coefficient (Wildman–Crippen LogP) is 4.90. The van der Waals surface area contributed by atoms with Crippen LogP contribution in [0.3, 0.4) is 0 Å². The van der Waals surface area contributed by atoms with Gasteiger partial charge in [0.05, 0.1) is 35.0 Å². The molecule has 2 aliphatic rings. The molecule has 1 amide bonds. The fourth-order valence-corrected chi connectivity index (χ4v) is 4.78. The van der Waals surface area contributed by atoms with Crippen molar-refractivity contribution >= 4 is 28.7 Å². The Bertz CT molecular complexity index is 1410. The number of nitrogens with zero attached hydrogens (tertiary/aromatic N) is 4. The molecule has 1 saturated heterocycles. The first-order valence-corrected chi connectivity index (χ1v) is 12.6. The molecule has 1 aromatic carbocycles. The second-order valence-electron chi connectivity index (χ2n) is 9.58. The van der Waals surface area contributed by atoms with E-state index < -0.39 is 0 Å². The van der Waals surface area contributed by atoms with E-state index in [2.05, 4.69) is 31.6 Å². The lowest BCUT2D eigenvalue weighted by Crippen LogP contribution is -2.29. The Kier molecular flexibility index (Phi) is 7.05. The van der Waals surface area contributed by atoms with Gasteiger partial charge in [0.25, 0.3) is 5.91 Å². The van der Waals surface area contributed by atoms with E-state index >= 15 is 0 Å². The first kappa shape index (κ1) is 24.7. The number of aromatic nitrogens is 3. The molecule has 0 unspecified atom stereocenters. The van der Waals surface area contributed by atoms with Crippen molar-refractivity contribution in [3.63, 3.8) is 0 Å². The number of carbonyl (C=O) groups excluding carboxylic acids is 1. The first-order valence-electron chi connectivity index (χ1n) is 12.6. The van der Waals surface area contributed by atoms with E-state index in [1.165, 1.54) is 31.4 Å². The number of amides is 1. The number of halogens is 1. The van der Waals surface area contributed by atoms with Crippen molar-refractivity contribution in [3.8, 4) is 11.3 Å². The summed E-state index contributed by atoms with van der Waals surface area (Å²) in [7, 11) is 0. The number of nitrogens with one attached hydrogen (secondary N) is 2. The third-order valence-corrected chi connectivity index (χ3v) is 6.45. The Morgan fingerprint density at radius 3 is 2.57 bits per heavy atom. The molecular weight excluding hydrogens is 471 g/mol. The predicted molar refractivity (Wildman–Crippen MR) is 143 cm³/mol. The van der Waals surface area contributed by atoms with E-state index in [-0.39, 0.29) is 17.8 Å². The van der Waals surface area contributed by atoms with Gasteiger partial charge in [-0.1, -0.05) is 6.07 Å². The average Bonchev–Trinajstić information content (AvgIpc) is 3.49. The van der Waals surface area contributed by atoms with Crippen LogP contribution in [0.2, 0.25) is 0 Å². The van der Waals surface area contributed by atoms with E-state index in [0.717, 1.165) is 35.6 Å². The molecule has 0 radical (unpaired) electrons. The molecule has 0 spiro atoms. The molecule has 1 fully saturated rings. The molecule has 192 valence electrons. The standard InChI is InChI=1S/C25H23FN6O.C3H8O/c26-16-8-11-32-21(15-28-23(32)12-16)18-5-6-20(24-19(18)14-29-25(24)33)30-22-7-4-17(13-27-22)31-9-2-1-3-10-31;1-3(2)4/h4-8,11-13,15H,1-3,9-10,14H2,(H,27,30)(H,29,33);3-4H,1-2H3. The van der Waals surface area contributed by atoms with Crippen molar-refractivity contribution in [2.75, 3.05) is 23.3 Å². The highest BCUT2D eigenvalue weighted by molar-refractivity contribution is 6.06. The highest BCUT2D eigenvalue weighted by atomic mass is 19.1. The lowest BCUT2D eigenvalue weighted by Gasteiger charge is -2.28. The zero-order valence-electron chi connectivity index (χ0n) is 21.0. The third-order valence-electron chi connectivity index (χ3n) is 6.45. The van der Waals surface area contributed by atoms with E-state index in [1.54, 1.807) is 26.2 Å². The van der Waals surface area contributed by atoms with Gasteiger partial charge < -0.3 is 20.6 Å². The molecule has 2 aliphatic heterocycles. The summed E-state index contributed by atoms with van der Waals surface area (Å²) in [5, 5.41) is 14.3. The minimum absolute atomic E-state index is 0.126. The van der Waals surface area contributed by atoms with Gasteiger partial charge in [0, 0.05) is 43.6 Å². The normalized spacial score (nSPS) is 14.8. The van der Waals surface area contributed by atoms with Crippen LogP contribution in [0.15, 0.2) is 55.0 Å². The van der Waals surface area contributed by atoms with Gasteiger partial charge in [0.15, 0.2) is 0 Å². The van der Waals surface area contributed by atoms with Gasteiger partial charge in [-0.2, -0.15) is 0 Å². The largest absolute Gasteiger partial charge is 0.394 e. The van der Waals surface area contributed by atoms with Crippen LogP contribution in [0.4, 0.5) is 21.6 Å². The van der Waals surface area contributed by atoms with Crippen LogP contribution in [0, 0.1) is 5.82 Å². The second kappa shape index (κ2) is 10.6. The number of benzene rings is 1. The maximum Gasteiger partial charge on any atom is 0.254 e. The number of fused-ring (bicyclic) bond motifs is 2. The lowest BCUT2D eigenvalue weighted by molar-refractivity contribution is 0.0966. The fraction of sp³-hybridized carbons (Fsp3) is 0.321. The van der Waals surface area contributed by atoms with Crippen molar-refractivity contribution < 1.29 is 14.3 Å². The minimum atomic E-state index is -0.333. The molecule has 0 atom stereocenters. The van der Waals surface area contributed by atoms with E-state index in [0.29, 0.717) is 29.3 Å². The maximum absolute atomic E-state index is 13.6. The first-order chi connectivity index (χ1) is 17.9. The van der Waals surface area contributed by atoms with Crippen LogP contribution in [0.1, 0.15) is 49.0 Å². The number of piperidine rings is 1. The summed E-state index contributed by atoms with van der Waals surface area (Å²) in [5.41, 5.74) is 5.56. The number of aliphatic hydroxyl groups is 1. The number of anilines is 3. The van der Waals surface area contributed by atoms with Crippen molar-refractivity contribution in [3.05, 3.63) is 71.9 Å². The summed E-state index contributed by atoms with van der Waals surface area (Å²) in [6.07, 6.45) is 8.81. The Balaban J connectivity index is 0.000000655. The molecular formula is C28H31FN6O2. The topological polar surface area (TPSA) is 94.8 Å². The molecule has 0 saturated carbocycles. The van der Waals surface area contributed by atoms with Crippen LogP contribution in [0.25, 0.3) is 16.9 Å². The SMILES string of the molecule is CC(C)O.O=C1NCc2c(-c3cnc4cc(F)ccn34)ccc(Nc3ccc(N4CCCCC4)cn3)c21. The number of hydrogen-bond acceptors (Lipinski definition) is 6. The number of carbonyl (C=O) groups is 1. The quantitative estimate of drug-likeness (QED) is 0.368. The van der Waals surface area contributed by atoms with Crippen LogP contribution >= 0.6 is 0 Å². The van der Waals surface area contributed by atoms with Gasteiger partial charge in [-0.15, -0.1) is 0 Å². The molecule has 0 aliphatic carbocycles. The summed E-state index contributed by atoms with van der Waals surface area (Å²) in [6, 6.07) is 10.7. The van der Waals surface area contributed by atoms with Gasteiger partial charge in [-0.3, -0.25) is 9.20 Å². The van der Waals surface area contributed by atoms with Crippen molar-refractivity contribution in [1.29, 1.82) is 0 Å². The number of pyridine rings is 2. The van der Waals surface area contributed by atoms with Gasteiger partial charge in [0.2, 0.25) is 0 Å². The fourth-order valence-electron chi connectivity index (χ4n) is 4.78. The lowest BCUT2D eigenvalue weighted by atomic mass is 9.99. The minimum Gasteiger partial charge on any atom is -0.394 e. The van der Waals surface area contributed by atoms with Crippen LogP contribution in [-0.2, 0) is 6.54 Å². The number of rotatable bonds is 4. The maximum atomic E-state index is 13.6. The zero-order valence-corrected chi connectivity index (χ0v) is 21.0. The summed E-state index contributed by atoms with van der Waals surface area (Å²) in [5.74, 6) is 0.231. The molecule has 3 N–H and O–H groups in total. The highest BCUT2D eigenvalue weighted by Gasteiger charge is 2.27. The smallest absolute Gasteiger partial charge is 0.254 e. The number of aliphatic hydroxyl groups excluding tert-OH is 1. The van der Waals surface area contributed by atoms with Crippen LogP contribution < -0.4 is 15.5 Å². The van der Waals surface area contributed by atoms with Crippen molar-refractivity contribution in [1.82, 2.24) is 19.7 Å². The van der Waals surface area contributed by atoms with Crippen LogP contribution in [-0.4, -0.2) is 44.6 Å². The molecule has 9 heteroatoms. The van der Waals surface area contributed by atoms with Gasteiger partial charge in [-0.05, 0) is 62.9 Å². The van der Waals surface area contributed by atoms with E-state index in [1.807, 2.05) is 28.8 Å². The van der Waals surface area contributed by atoms with Gasteiger partial charge in [0.1, 0.15) is 17.3 Å². The monoisotopic (exact) mass is 502 g/mol.